The zero-order valence-corrected chi connectivity index (χ0v) is 13.2. The van der Waals surface area contributed by atoms with Gasteiger partial charge in [-0.3, -0.25) is 0 Å². The second kappa shape index (κ2) is 7.43. The summed E-state index contributed by atoms with van der Waals surface area (Å²) in [6.45, 7) is 0.418. The summed E-state index contributed by atoms with van der Waals surface area (Å²) in [5.41, 5.74) is 0.836. The van der Waals surface area contributed by atoms with E-state index in [0.717, 1.165) is 31.2 Å². The lowest BCUT2D eigenvalue weighted by Crippen LogP contribution is -2.43. The largest absolute Gasteiger partial charge is 0.218 e. The molecule has 5 heteroatoms. The zero-order valence-electron chi connectivity index (χ0n) is 11.7. The number of halogens is 1. The monoisotopic (exact) mass is 315 g/mol. The lowest BCUT2D eigenvalue weighted by atomic mass is 9.95. The first-order chi connectivity index (χ1) is 9.63. The van der Waals surface area contributed by atoms with Gasteiger partial charge >= 0.3 is 0 Å². The van der Waals surface area contributed by atoms with Gasteiger partial charge in [0.25, 0.3) is 0 Å². The van der Waals surface area contributed by atoms with Crippen molar-refractivity contribution in [1.82, 2.24) is 4.31 Å². The molecule has 0 N–H and O–H groups in total. The van der Waals surface area contributed by atoms with Crippen LogP contribution in [0.3, 0.4) is 0 Å². The van der Waals surface area contributed by atoms with Crippen molar-refractivity contribution in [3.05, 3.63) is 35.9 Å². The van der Waals surface area contributed by atoms with E-state index in [1.807, 2.05) is 30.3 Å². The molecule has 0 unspecified atom stereocenters. The van der Waals surface area contributed by atoms with Gasteiger partial charge in [-0.15, -0.1) is 11.6 Å². The van der Waals surface area contributed by atoms with E-state index in [0.29, 0.717) is 12.4 Å². The van der Waals surface area contributed by atoms with Gasteiger partial charge < -0.3 is 0 Å². The Balaban J connectivity index is 2.13. The van der Waals surface area contributed by atoms with Crippen LogP contribution >= 0.6 is 11.6 Å². The number of hydrogen-bond acceptors (Lipinski definition) is 2. The molecule has 20 heavy (non-hydrogen) atoms. The predicted molar refractivity (Wildman–Crippen MR) is 83.4 cm³/mol. The van der Waals surface area contributed by atoms with E-state index < -0.39 is 10.0 Å². The van der Waals surface area contributed by atoms with E-state index in [1.165, 1.54) is 6.42 Å². The van der Waals surface area contributed by atoms with Crippen LogP contribution in [0, 0.1) is 0 Å². The average Bonchev–Trinajstić information content (AvgIpc) is 2.46. The molecule has 112 valence electrons. The molecule has 1 aromatic carbocycles. The highest BCUT2D eigenvalue weighted by molar-refractivity contribution is 7.88. The van der Waals surface area contributed by atoms with Crippen LogP contribution in [0.1, 0.15) is 37.7 Å². The van der Waals surface area contributed by atoms with Crippen LogP contribution < -0.4 is 0 Å². The molecule has 0 spiro atoms. The van der Waals surface area contributed by atoms with Crippen LogP contribution in [-0.2, 0) is 15.8 Å². The molecule has 1 saturated carbocycles. The summed E-state index contributed by atoms with van der Waals surface area (Å²) >= 11 is 5.82. The maximum Gasteiger partial charge on any atom is 0.218 e. The Morgan fingerprint density at radius 1 is 1.10 bits per heavy atom. The minimum atomic E-state index is -3.29. The van der Waals surface area contributed by atoms with Crippen molar-refractivity contribution < 1.29 is 8.42 Å². The SMILES string of the molecule is O=S(=O)(Cc1ccccc1)N(CCCl)C1CCCCC1. The van der Waals surface area contributed by atoms with E-state index in [9.17, 15) is 8.42 Å². The Morgan fingerprint density at radius 3 is 2.35 bits per heavy atom. The molecule has 2 rings (SSSR count). The second-order valence-electron chi connectivity index (χ2n) is 5.33. The Hall–Kier alpha value is -0.580. The smallest absolute Gasteiger partial charge is 0.212 e. The molecule has 1 fully saturated rings. The summed E-state index contributed by atoms with van der Waals surface area (Å²) in [5.74, 6) is 0.422. The van der Waals surface area contributed by atoms with E-state index >= 15 is 0 Å². The Kier molecular flexibility index (Phi) is 5.87. The molecular formula is C15H22ClNO2S. The number of rotatable bonds is 6. The van der Waals surface area contributed by atoms with E-state index in [2.05, 4.69) is 0 Å². The third kappa shape index (κ3) is 4.21. The molecule has 0 heterocycles. The van der Waals surface area contributed by atoms with E-state index in [-0.39, 0.29) is 11.8 Å². The van der Waals surface area contributed by atoms with Crippen LogP contribution in [0.15, 0.2) is 30.3 Å². The predicted octanol–water partition coefficient (Wildman–Crippen LogP) is 3.39. The van der Waals surface area contributed by atoms with Gasteiger partial charge in [-0.1, -0.05) is 49.6 Å². The highest BCUT2D eigenvalue weighted by atomic mass is 35.5. The normalized spacial score (nSPS) is 17.5. The fourth-order valence-corrected chi connectivity index (χ4v) is 4.97. The van der Waals surface area contributed by atoms with Crippen LogP contribution in [-0.4, -0.2) is 31.2 Å². The van der Waals surface area contributed by atoms with Gasteiger partial charge in [0.1, 0.15) is 0 Å². The van der Waals surface area contributed by atoms with Crippen LogP contribution in [0.2, 0.25) is 0 Å². The van der Waals surface area contributed by atoms with Gasteiger partial charge in [-0.05, 0) is 18.4 Å². The molecule has 1 aliphatic carbocycles. The minimum absolute atomic E-state index is 0.0707. The fourth-order valence-electron chi connectivity index (χ4n) is 2.87. The summed E-state index contributed by atoms with van der Waals surface area (Å²) in [4.78, 5) is 0. The Morgan fingerprint density at radius 2 is 1.75 bits per heavy atom. The third-order valence-corrected chi connectivity index (χ3v) is 5.90. The van der Waals surface area contributed by atoms with Crippen LogP contribution in [0.5, 0.6) is 0 Å². The molecule has 3 nitrogen and oxygen atoms in total. The lowest BCUT2D eigenvalue weighted by Gasteiger charge is -2.33. The molecule has 0 aromatic heterocycles. The van der Waals surface area contributed by atoms with Gasteiger partial charge in [-0.2, -0.15) is 4.31 Å². The maximum absolute atomic E-state index is 12.7. The van der Waals surface area contributed by atoms with Crippen molar-refractivity contribution in [2.45, 2.75) is 43.9 Å². The maximum atomic E-state index is 12.7. The van der Waals surface area contributed by atoms with Crippen molar-refractivity contribution in [2.75, 3.05) is 12.4 Å². The first kappa shape index (κ1) is 15.8. The third-order valence-electron chi connectivity index (χ3n) is 3.84. The Labute approximate surface area is 127 Å². The minimum Gasteiger partial charge on any atom is -0.212 e. The number of sulfonamides is 1. The van der Waals surface area contributed by atoms with Crippen molar-refractivity contribution in [1.29, 1.82) is 0 Å². The average molecular weight is 316 g/mol. The molecule has 0 atom stereocenters. The zero-order chi connectivity index (χ0) is 14.4. The van der Waals surface area contributed by atoms with Gasteiger partial charge in [0, 0.05) is 18.5 Å². The quantitative estimate of drug-likeness (QED) is 0.755. The molecule has 1 aliphatic rings. The molecule has 0 bridgehead atoms. The molecule has 0 saturated heterocycles. The van der Waals surface area contributed by atoms with Gasteiger partial charge in [-0.25, -0.2) is 8.42 Å². The molecule has 0 aliphatic heterocycles. The van der Waals surface area contributed by atoms with E-state index in [4.69, 9.17) is 11.6 Å². The highest BCUT2D eigenvalue weighted by Gasteiger charge is 2.30. The van der Waals surface area contributed by atoms with Crippen molar-refractivity contribution in [3.8, 4) is 0 Å². The summed E-state index contributed by atoms with van der Waals surface area (Å²) in [6, 6.07) is 9.49. The number of benzene rings is 1. The number of alkyl halides is 1. The highest BCUT2D eigenvalue weighted by Crippen LogP contribution is 2.26. The van der Waals surface area contributed by atoms with Crippen molar-refractivity contribution >= 4 is 21.6 Å². The summed E-state index contributed by atoms with van der Waals surface area (Å²) in [5, 5.41) is 0. The number of hydrogen-bond donors (Lipinski definition) is 0. The molecule has 0 amide bonds. The molecular weight excluding hydrogens is 294 g/mol. The van der Waals surface area contributed by atoms with Crippen LogP contribution in [0.25, 0.3) is 0 Å². The number of nitrogens with zero attached hydrogens (tertiary/aromatic N) is 1. The first-order valence-corrected chi connectivity index (χ1v) is 9.37. The summed E-state index contributed by atoms with van der Waals surface area (Å²) in [7, 11) is -3.29. The molecule has 1 aromatic rings. The second-order valence-corrected chi connectivity index (χ2v) is 7.63. The summed E-state index contributed by atoms with van der Waals surface area (Å²) < 4.78 is 27.0. The fraction of sp³-hybridized carbons (Fsp3) is 0.600. The van der Waals surface area contributed by atoms with Crippen molar-refractivity contribution in [3.63, 3.8) is 0 Å². The van der Waals surface area contributed by atoms with Crippen molar-refractivity contribution in [2.24, 2.45) is 0 Å². The lowest BCUT2D eigenvalue weighted by molar-refractivity contribution is 0.262. The summed E-state index contributed by atoms with van der Waals surface area (Å²) in [6.07, 6.45) is 5.37. The standard InChI is InChI=1S/C15H22ClNO2S/c16-11-12-17(15-9-5-2-6-10-15)20(18,19)13-14-7-3-1-4-8-14/h1,3-4,7-8,15H,2,5-6,9-13H2. The Bertz CT molecular complexity index is 498. The van der Waals surface area contributed by atoms with Gasteiger partial charge in [0.2, 0.25) is 10.0 Å². The molecule has 0 radical (unpaired) electrons. The first-order valence-electron chi connectivity index (χ1n) is 7.23. The van der Waals surface area contributed by atoms with Gasteiger partial charge in [0.15, 0.2) is 0 Å². The van der Waals surface area contributed by atoms with E-state index in [1.54, 1.807) is 4.31 Å². The van der Waals surface area contributed by atoms with Gasteiger partial charge in [0.05, 0.1) is 5.75 Å². The topological polar surface area (TPSA) is 37.4 Å². The van der Waals surface area contributed by atoms with Crippen LogP contribution in [0.4, 0.5) is 0 Å².